The van der Waals surface area contributed by atoms with Gasteiger partial charge in [0.15, 0.2) is 5.16 Å². The van der Waals surface area contributed by atoms with Crippen molar-refractivity contribution < 1.29 is 5.11 Å². The van der Waals surface area contributed by atoms with Crippen molar-refractivity contribution in [3.05, 3.63) is 11.2 Å². The highest BCUT2D eigenvalue weighted by Gasteiger charge is 2.01. The number of anilines is 1. The molecule has 6 heteroatoms. The Morgan fingerprint density at radius 3 is 3.00 bits per heavy atom. The SMILES string of the molecule is CSc1nc(Cl)cc(NCCCO)n1. The van der Waals surface area contributed by atoms with Crippen molar-refractivity contribution in [2.75, 3.05) is 24.7 Å². The third-order valence-electron chi connectivity index (χ3n) is 1.50. The van der Waals surface area contributed by atoms with E-state index >= 15 is 0 Å². The second kappa shape index (κ2) is 6.06. The number of rotatable bonds is 5. The van der Waals surface area contributed by atoms with E-state index in [-0.39, 0.29) is 6.61 Å². The first-order valence-corrected chi connectivity index (χ1v) is 5.80. The molecule has 0 aliphatic carbocycles. The van der Waals surface area contributed by atoms with Crippen LogP contribution in [0.25, 0.3) is 0 Å². The second-order valence-electron chi connectivity index (χ2n) is 2.57. The van der Waals surface area contributed by atoms with Crippen molar-refractivity contribution >= 4 is 29.2 Å². The van der Waals surface area contributed by atoms with Gasteiger partial charge in [-0.05, 0) is 12.7 Å². The number of aromatic nitrogens is 2. The molecule has 1 rings (SSSR count). The topological polar surface area (TPSA) is 58.0 Å². The first-order valence-electron chi connectivity index (χ1n) is 4.19. The maximum atomic E-state index is 8.60. The zero-order chi connectivity index (χ0) is 10.4. The third-order valence-corrected chi connectivity index (χ3v) is 2.24. The fraction of sp³-hybridized carbons (Fsp3) is 0.500. The van der Waals surface area contributed by atoms with Gasteiger partial charge in [-0.25, -0.2) is 9.97 Å². The maximum Gasteiger partial charge on any atom is 0.190 e. The van der Waals surface area contributed by atoms with E-state index in [2.05, 4.69) is 15.3 Å². The van der Waals surface area contributed by atoms with E-state index in [9.17, 15) is 0 Å². The van der Waals surface area contributed by atoms with E-state index in [1.807, 2.05) is 6.26 Å². The molecule has 0 spiro atoms. The summed E-state index contributed by atoms with van der Waals surface area (Å²) in [6.45, 7) is 0.846. The molecule has 0 aromatic carbocycles. The molecule has 14 heavy (non-hydrogen) atoms. The number of hydrogen-bond donors (Lipinski definition) is 2. The monoisotopic (exact) mass is 233 g/mol. The van der Waals surface area contributed by atoms with Crippen LogP contribution in [0.15, 0.2) is 11.2 Å². The molecule has 0 fully saturated rings. The van der Waals surface area contributed by atoms with Gasteiger partial charge < -0.3 is 10.4 Å². The van der Waals surface area contributed by atoms with Gasteiger partial charge in [-0.2, -0.15) is 0 Å². The van der Waals surface area contributed by atoms with E-state index in [0.29, 0.717) is 29.1 Å². The number of nitrogens with zero attached hydrogens (tertiary/aromatic N) is 2. The molecule has 0 atom stereocenters. The lowest BCUT2D eigenvalue weighted by molar-refractivity contribution is 0.292. The average molecular weight is 234 g/mol. The molecular formula is C8H12ClN3OS. The van der Waals surface area contributed by atoms with Crippen LogP contribution in [0.4, 0.5) is 5.82 Å². The Labute approximate surface area is 92.1 Å². The van der Waals surface area contributed by atoms with E-state index in [4.69, 9.17) is 16.7 Å². The highest BCUT2D eigenvalue weighted by molar-refractivity contribution is 7.98. The minimum absolute atomic E-state index is 0.168. The van der Waals surface area contributed by atoms with Crippen LogP contribution in [0.1, 0.15) is 6.42 Å². The van der Waals surface area contributed by atoms with Gasteiger partial charge in [0, 0.05) is 19.2 Å². The van der Waals surface area contributed by atoms with Crippen LogP contribution in [0.3, 0.4) is 0 Å². The van der Waals surface area contributed by atoms with Crippen LogP contribution in [0.2, 0.25) is 5.15 Å². The Kier molecular flexibility index (Phi) is 5.00. The lowest BCUT2D eigenvalue weighted by atomic mass is 10.4. The lowest BCUT2D eigenvalue weighted by Gasteiger charge is -2.05. The van der Waals surface area contributed by atoms with Gasteiger partial charge in [-0.15, -0.1) is 0 Å². The van der Waals surface area contributed by atoms with Gasteiger partial charge in [0.1, 0.15) is 11.0 Å². The summed E-state index contributed by atoms with van der Waals surface area (Å²) >= 11 is 7.23. The summed E-state index contributed by atoms with van der Waals surface area (Å²) < 4.78 is 0. The van der Waals surface area contributed by atoms with Crippen molar-refractivity contribution in [3.63, 3.8) is 0 Å². The molecule has 0 aliphatic rings. The van der Waals surface area contributed by atoms with Crippen molar-refractivity contribution in [1.82, 2.24) is 9.97 Å². The summed E-state index contributed by atoms with van der Waals surface area (Å²) in [6, 6.07) is 1.67. The molecule has 4 nitrogen and oxygen atoms in total. The number of thioether (sulfide) groups is 1. The first-order chi connectivity index (χ1) is 6.76. The molecule has 1 aromatic rings. The predicted molar refractivity (Wildman–Crippen MR) is 59.0 cm³/mol. The Morgan fingerprint density at radius 2 is 2.36 bits per heavy atom. The Hall–Kier alpha value is -0.520. The van der Waals surface area contributed by atoms with Crippen LogP contribution in [0, 0.1) is 0 Å². The van der Waals surface area contributed by atoms with Crippen LogP contribution >= 0.6 is 23.4 Å². The molecule has 0 radical (unpaired) electrons. The molecule has 1 heterocycles. The summed E-state index contributed by atoms with van der Waals surface area (Å²) in [5, 5.41) is 12.7. The summed E-state index contributed by atoms with van der Waals surface area (Å²) in [7, 11) is 0. The van der Waals surface area contributed by atoms with Crippen LogP contribution in [-0.2, 0) is 0 Å². The molecular weight excluding hydrogens is 222 g/mol. The quantitative estimate of drug-likeness (QED) is 0.351. The molecule has 1 aromatic heterocycles. The summed E-state index contributed by atoms with van der Waals surface area (Å²) in [5.41, 5.74) is 0. The Morgan fingerprint density at radius 1 is 1.57 bits per heavy atom. The molecule has 78 valence electrons. The number of aliphatic hydroxyl groups excluding tert-OH is 1. The lowest BCUT2D eigenvalue weighted by Crippen LogP contribution is -2.05. The minimum atomic E-state index is 0.168. The summed E-state index contributed by atoms with van der Waals surface area (Å²) in [4.78, 5) is 8.21. The molecule has 0 saturated carbocycles. The van der Waals surface area contributed by atoms with E-state index in [0.717, 1.165) is 0 Å². The fourth-order valence-corrected chi connectivity index (χ4v) is 1.49. The average Bonchev–Trinajstić information content (AvgIpc) is 2.17. The molecule has 2 N–H and O–H groups in total. The number of nitrogens with one attached hydrogen (secondary N) is 1. The van der Waals surface area contributed by atoms with Crippen LogP contribution in [0.5, 0.6) is 0 Å². The molecule has 0 amide bonds. The van der Waals surface area contributed by atoms with E-state index in [1.165, 1.54) is 11.8 Å². The molecule has 0 unspecified atom stereocenters. The van der Waals surface area contributed by atoms with Gasteiger partial charge >= 0.3 is 0 Å². The van der Waals surface area contributed by atoms with Gasteiger partial charge in [0.2, 0.25) is 0 Å². The number of hydrogen-bond acceptors (Lipinski definition) is 5. The van der Waals surface area contributed by atoms with Gasteiger partial charge in [0.25, 0.3) is 0 Å². The first kappa shape index (κ1) is 11.6. The highest BCUT2D eigenvalue weighted by atomic mass is 35.5. The second-order valence-corrected chi connectivity index (χ2v) is 3.73. The van der Waals surface area contributed by atoms with Gasteiger partial charge in [-0.3, -0.25) is 0 Å². The van der Waals surface area contributed by atoms with Crippen LogP contribution in [-0.4, -0.2) is 34.5 Å². The Balaban J connectivity index is 2.62. The molecule has 0 saturated heterocycles. The van der Waals surface area contributed by atoms with Crippen molar-refractivity contribution in [3.8, 4) is 0 Å². The number of halogens is 1. The Bertz CT molecular complexity index is 298. The third kappa shape index (κ3) is 3.69. The summed E-state index contributed by atoms with van der Waals surface area (Å²) in [5.74, 6) is 0.697. The maximum absolute atomic E-state index is 8.60. The fourth-order valence-electron chi connectivity index (χ4n) is 0.874. The molecule has 0 aliphatic heterocycles. The predicted octanol–water partition coefficient (Wildman–Crippen LogP) is 1.65. The molecule has 0 bridgehead atoms. The van der Waals surface area contributed by atoms with Crippen molar-refractivity contribution in [2.24, 2.45) is 0 Å². The minimum Gasteiger partial charge on any atom is -0.396 e. The summed E-state index contributed by atoms with van der Waals surface area (Å²) in [6.07, 6.45) is 2.58. The smallest absolute Gasteiger partial charge is 0.190 e. The van der Waals surface area contributed by atoms with Gasteiger partial charge in [0.05, 0.1) is 0 Å². The highest BCUT2D eigenvalue weighted by Crippen LogP contribution is 2.16. The van der Waals surface area contributed by atoms with Crippen molar-refractivity contribution in [1.29, 1.82) is 0 Å². The largest absolute Gasteiger partial charge is 0.396 e. The van der Waals surface area contributed by atoms with Crippen molar-refractivity contribution in [2.45, 2.75) is 11.6 Å². The number of aliphatic hydroxyl groups is 1. The van der Waals surface area contributed by atoms with E-state index in [1.54, 1.807) is 6.07 Å². The van der Waals surface area contributed by atoms with Crippen LogP contribution < -0.4 is 5.32 Å². The van der Waals surface area contributed by atoms with Gasteiger partial charge in [-0.1, -0.05) is 23.4 Å². The van der Waals surface area contributed by atoms with E-state index < -0.39 is 0 Å². The zero-order valence-corrected chi connectivity index (χ0v) is 9.40. The standard InChI is InChI=1S/C8H12ClN3OS/c1-14-8-11-6(9)5-7(12-8)10-3-2-4-13/h5,13H,2-4H2,1H3,(H,10,11,12). The normalized spacial score (nSPS) is 10.2. The zero-order valence-electron chi connectivity index (χ0n) is 7.83.